The van der Waals surface area contributed by atoms with Gasteiger partial charge in [0.25, 0.3) is 5.91 Å². The predicted octanol–water partition coefficient (Wildman–Crippen LogP) is 2.95. The Labute approximate surface area is 124 Å². The van der Waals surface area contributed by atoms with Crippen LogP contribution >= 0.6 is 0 Å². The van der Waals surface area contributed by atoms with Gasteiger partial charge in [-0.15, -0.1) is 0 Å². The summed E-state index contributed by atoms with van der Waals surface area (Å²) < 4.78 is 0. The van der Waals surface area contributed by atoms with Crippen molar-refractivity contribution in [2.24, 2.45) is 5.92 Å². The molecule has 6 heteroatoms. The monoisotopic (exact) mass is 291 g/mol. The standard InChI is InChI=1S/C15H21N3O3/c1-3-6-10-9-13(10)17-15(19)11-7-5-8-12(16-4-2)14(11)18(20)21/h5,7-8,10,13,16H,3-4,6,9H2,1-2H3,(H,17,19). The first kappa shape index (κ1) is 15.3. The number of hydrogen-bond donors (Lipinski definition) is 2. The van der Waals surface area contributed by atoms with Gasteiger partial charge in [0.15, 0.2) is 0 Å². The van der Waals surface area contributed by atoms with Crippen LogP contribution in [0.4, 0.5) is 11.4 Å². The fourth-order valence-corrected chi connectivity index (χ4v) is 2.62. The highest BCUT2D eigenvalue weighted by molar-refractivity contribution is 6.00. The van der Waals surface area contributed by atoms with Crippen molar-refractivity contribution < 1.29 is 9.72 Å². The largest absolute Gasteiger partial charge is 0.380 e. The second-order valence-electron chi connectivity index (χ2n) is 5.35. The van der Waals surface area contributed by atoms with Gasteiger partial charge < -0.3 is 10.6 Å². The number of nitrogens with zero attached hydrogens (tertiary/aromatic N) is 1. The average Bonchev–Trinajstić information content (AvgIpc) is 3.16. The van der Waals surface area contributed by atoms with Crippen LogP contribution in [0.25, 0.3) is 0 Å². The first-order valence-corrected chi connectivity index (χ1v) is 7.40. The third-order valence-corrected chi connectivity index (χ3v) is 3.73. The van der Waals surface area contributed by atoms with Crippen LogP contribution in [0.1, 0.15) is 43.5 Å². The highest BCUT2D eigenvalue weighted by Crippen LogP contribution is 2.35. The van der Waals surface area contributed by atoms with Crippen molar-refractivity contribution in [1.29, 1.82) is 0 Å². The van der Waals surface area contributed by atoms with Gasteiger partial charge in [-0.2, -0.15) is 0 Å². The zero-order chi connectivity index (χ0) is 15.4. The second kappa shape index (κ2) is 6.56. The van der Waals surface area contributed by atoms with E-state index in [1.54, 1.807) is 12.1 Å². The highest BCUT2D eigenvalue weighted by Gasteiger charge is 2.38. The molecule has 0 saturated heterocycles. The van der Waals surface area contributed by atoms with Gasteiger partial charge in [0.1, 0.15) is 11.3 Å². The molecule has 6 nitrogen and oxygen atoms in total. The number of nitro groups is 1. The summed E-state index contributed by atoms with van der Waals surface area (Å²) >= 11 is 0. The van der Waals surface area contributed by atoms with E-state index in [0.717, 1.165) is 19.3 Å². The first-order chi connectivity index (χ1) is 10.1. The van der Waals surface area contributed by atoms with Crippen LogP contribution in [-0.2, 0) is 0 Å². The number of amides is 1. The predicted molar refractivity (Wildman–Crippen MR) is 81.5 cm³/mol. The third kappa shape index (κ3) is 3.51. The maximum atomic E-state index is 12.3. The Kier molecular flexibility index (Phi) is 4.77. The van der Waals surface area contributed by atoms with E-state index >= 15 is 0 Å². The van der Waals surface area contributed by atoms with E-state index in [2.05, 4.69) is 17.6 Å². The third-order valence-electron chi connectivity index (χ3n) is 3.73. The fraction of sp³-hybridized carbons (Fsp3) is 0.533. The van der Waals surface area contributed by atoms with Crippen LogP contribution in [0, 0.1) is 16.0 Å². The Morgan fingerprint density at radius 1 is 1.43 bits per heavy atom. The lowest BCUT2D eigenvalue weighted by molar-refractivity contribution is -0.384. The van der Waals surface area contributed by atoms with Gasteiger partial charge in [-0.1, -0.05) is 19.4 Å². The molecule has 0 aliphatic heterocycles. The number of rotatable bonds is 7. The zero-order valence-electron chi connectivity index (χ0n) is 12.4. The molecule has 0 aromatic heterocycles. The van der Waals surface area contributed by atoms with Crippen molar-refractivity contribution >= 4 is 17.3 Å². The minimum absolute atomic E-state index is 0.126. The lowest BCUT2D eigenvalue weighted by Gasteiger charge is -2.09. The summed E-state index contributed by atoms with van der Waals surface area (Å²) in [7, 11) is 0. The quantitative estimate of drug-likeness (QED) is 0.597. The van der Waals surface area contributed by atoms with Crippen molar-refractivity contribution in [1.82, 2.24) is 5.32 Å². The van der Waals surface area contributed by atoms with Gasteiger partial charge in [-0.25, -0.2) is 0 Å². The van der Waals surface area contributed by atoms with Crippen molar-refractivity contribution in [3.05, 3.63) is 33.9 Å². The minimum Gasteiger partial charge on any atom is -0.380 e. The number of benzene rings is 1. The van der Waals surface area contributed by atoms with Crippen LogP contribution in [0.3, 0.4) is 0 Å². The first-order valence-electron chi connectivity index (χ1n) is 7.40. The van der Waals surface area contributed by atoms with E-state index in [1.807, 2.05) is 6.92 Å². The molecule has 2 atom stereocenters. The number of nitro benzene ring substituents is 1. The normalized spacial score (nSPS) is 19.9. The summed E-state index contributed by atoms with van der Waals surface area (Å²) in [5, 5.41) is 17.1. The van der Waals surface area contributed by atoms with E-state index in [0.29, 0.717) is 18.2 Å². The summed E-state index contributed by atoms with van der Waals surface area (Å²) in [6, 6.07) is 4.96. The summed E-state index contributed by atoms with van der Waals surface area (Å²) in [5.41, 5.74) is 0.362. The molecule has 2 unspecified atom stereocenters. The van der Waals surface area contributed by atoms with Crippen molar-refractivity contribution in [3.63, 3.8) is 0 Å². The molecule has 21 heavy (non-hydrogen) atoms. The molecule has 0 bridgehead atoms. The van der Waals surface area contributed by atoms with Gasteiger partial charge in [0.2, 0.25) is 0 Å². The van der Waals surface area contributed by atoms with Gasteiger partial charge in [-0.3, -0.25) is 14.9 Å². The van der Waals surface area contributed by atoms with Crippen LogP contribution in [-0.4, -0.2) is 23.4 Å². The maximum absolute atomic E-state index is 12.3. The lowest BCUT2D eigenvalue weighted by Crippen LogP contribution is -2.27. The Balaban J connectivity index is 2.17. The number of hydrogen-bond acceptors (Lipinski definition) is 4. The molecular weight excluding hydrogens is 270 g/mol. The van der Waals surface area contributed by atoms with E-state index in [9.17, 15) is 14.9 Å². The lowest BCUT2D eigenvalue weighted by atomic mass is 10.1. The SMILES string of the molecule is CCCC1CC1NC(=O)c1cccc(NCC)c1[N+](=O)[O-]. The van der Waals surface area contributed by atoms with Gasteiger partial charge in [0, 0.05) is 12.6 Å². The van der Waals surface area contributed by atoms with Gasteiger partial charge in [-0.05, 0) is 37.8 Å². The Hall–Kier alpha value is -2.11. The van der Waals surface area contributed by atoms with Crippen LogP contribution < -0.4 is 10.6 Å². The fourth-order valence-electron chi connectivity index (χ4n) is 2.62. The average molecular weight is 291 g/mol. The molecule has 1 aliphatic rings. The Morgan fingerprint density at radius 2 is 2.19 bits per heavy atom. The maximum Gasteiger partial charge on any atom is 0.305 e. The van der Waals surface area contributed by atoms with Crippen molar-refractivity contribution in [3.8, 4) is 0 Å². The zero-order valence-corrected chi connectivity index (χ0v) is 12.4. The molecule has 1 aromatic carbocycles. The van der Waals surface area contributed by atoms with Crippen LogP contribution in [0.5, 0.6) is 0 Å². The van der Waals surface area contributed by atoms with E-state index in [-0.39, 0.29) is 23.2 Å². The number of carbonyl (C=O) groups is 1. The number of para-hydroxylation sites is 1. The van der Waals surface area contributed by atoms with E-state index in [4.69, 9.17) is 0 Å². The molecule has 1 saturated carbocycles. The van der Waals surface area contributed by atoms with Crippen LogP contribution in [0.15, 0.2) is 18.2 Å². The van der Waals surface area contributed by atoms with Gasteiger partial charge >= 0.3 is 5.69 Å². The molecule has 1 aromatic rings. The second-order valence-corrected chi connectivity index (χ2v) is 5.35. The van der Waals surface area contributed by atoms with Gasteiger partial charge in [0.05, 0.1) is 4.92 Å². The van der Waals surface area contributed by atoms with E-state index < -0.39 is 4.92 Å². The topological polar surface area (TPSA) is 84.3 Å². The molecule has 1 aliphatic carbocycles. The summed E-state index contributed by atoms with van der Waals surface area (Å²) in [6.07, 6.45) is 3.15. The molecule has 0 radical (unpaired) electrons. The smallest absolute Gasteiger partial charge is 0.305 e. The van der Waals surface area contributed by atoms with Crippen molar-refractivity contribution in [2.75, 3.05) is 11.9 Å². The molecule has 1 amide bonds. The van der Waals surface area contributed by atoms with Crippen LogP contribution in [0.2, 0.25) is 0 Å². The molecule has 2 rings (SSSR count). The highest BCUT2D eigenvalue weighted by atomic mass is 16.6. The van der Waals surface area contributed by atoms with E-state index in [1.165, 1.54) is 6.07 Å². The summed E-state index contributed by atoms with van der Waals surface area (Å²) in [5.74, 6) is 0.167. The molecule has 2 N–H and O–H groups in total. The Morgan fingerprint density at radius 3 is 2.81 bits per heavy atom. The molecule has 0 spiro atoms. The molecule has 0 heterocycles. The molecule has 114 valence electrons. The Bertz CT molecular complexity index is 545. The number of nitrogens with one attached hydrogen (secondary N) is 2. The minimum atomic E-state index is -0.497. The number of anilines is 1. The van der Waals surface area contributed by atoms with Crippen molar-refractivity contribution in [2.45, 2.75) is 39.2 Å². The molecule has 1 fully saturated rings. The summed E-state index contributed by atoms with van der Waals surface area (Å²) in [6.45, 7) is 4.53. The molecular formula is C15H21N3O3. The summed E-state index contributed by atoms with van der Waals surface area (Å²) in [4.78, 5) is 23.1. The number of carbonyl (C=O) groups excluding carboxylic acids is 1.